The lowest BCUT2D eigenvalue weighted by Crippen LogP contribution is -2.41. The fourth-order valence-corrected chi connectivity index (χ4v) is 5.16. The molecule has 1 amide bonds. The molecular weight excluding hydrogens is 428 g/mol. The second-order valence-corrected chi connectivity index (χ2v) is 9.27. The molecule has 1 saturated heterocycles. The first-order valence-corrected chi connectivity index (χ1v) is 11.5. The van der Waals surface area contributed by atoms with Crippen LogP contribution in [0.2, 0.25) is 5.02 Å². The van der Waals surface area contributed by atoms with E-state index in [0.717, 1.165) is 0 Å². The van der Waals surface area contributed by atoms with E-state index in [4.69, 9.17) is 21.1 Å². The largest absolute Gasteiger partial charge is 0.497 e. The number of anilines is 1. The Morgan fingerprint density at radius 3 is 2.57 bits per heavy atom. The van der Waals surface area contributed by atoms with Crippen molar-refractivity contribution < 1.29 is 22.7 Å². The summed E-state index contributed by atoms with van der Waals surface area (Å²) in [6, 6.07) is 11.6. The van der Waals surface area contributed by atoms with E-state index in [-0.39, 0.29) is 34.8 Å². The molecule has 1 N–H and O–H groups in total. The maximum Gasteiger partial charge on any atom is 0.243 e. The number of rotatable bonds is 7. The van der Waals surface area contributed by atoms with Crippen molar-refractivity contribution in [3.63, 3.8) is 0 Å². The molecule has 1 aliphatic rings. The molecule has 0 aliphatic carbocycles. The Balaban J connectivity index is 1.62. The summed E-state index contributed by atoms with van der Waals surface area (Å²) in [5, 5.41) is 3.13. The molecule has 30 heavy (non-hydrogen) atoms. The predicted octanol–water partition coefficient (Wildman–Crippen LogP) is 3.79. The van der Waals surface area contributed by atoms with Crippen molar-refractivity contribution in [2.75, 3.05) is 32.1 Å². The smallest absolute Gasteiger partial charge is 0.243 e. The molecule has 0 bridgehead atoms. The van der Waals surface area contributed by atoms with Crippen molar-refractivity contribution in [1.29, 1.82) is 0 Å². The van der Waals surface area contributed by atoms with Gasteiger partial charge in [-0.3, -0.25) is 4.79 Å². The fourth-order valence-electron chi connectivity index (χ4n) is 3.37. The number of nitrogens with one attached hydrogen (secondary N) is 1. The van der Waals surface area contributed by atoms with Crippen molar-refractivity contribution in [2.45, 2.75) is 24.7 Å². The molecule has 3 rings (SSSR count). The van der Waals surface area contributed by atoms with Gasteiger partial charge in [-0.05, 0) is 50.1 Å². The summed E-state index contributed by atoms with van der Waals surface area (Å²) in [4.78, 5) is 12.7. The maximum absolute atomic E-state index is 13.0. The Bertz CT molecular complexity index is 1000. The predicted molar refractivity (Wildman–Crippen MR) is 116 cm³/mol. The van der Waals surface area contributed by atoms with Crippen molar-refractivity contribution in [1.82, 2.24) is 4.31 Å². The Morgan fingerprint density at radius 2 is 1.93 bits per heavy atom. The number of methoxy groups -OCH3 is 1. The summed E-state index contributed by atoms with van der Waals surface area (Å²) in [5.41, 5.74) is 0.651. The minimum atomic E-state index is -3.69. The van der Waals surface area contributed by atoms with E-state index in [1.165, 1.54) is 16.4 Å². The third kappa shape index (κ3) is 5.06. The lowest BCUT2D eigenvalue weighted by atomic mass is 9.97. The van der Waals surface area contributed by atoms with Gasteiger partial charge >= 0.3 is 0 Å². The van der Waals surface area contributed by atoms with Crippen LogP contribution in [0.25, 0.3) is 0 Å². The molecule has 2 aromatic rings. The lowest BCUT2D eigenvalue weighted by Gasteiger charge is -2.30. The summed E-state index contributed by atoms with van der Waals surface area (Å²) in [6.07, 6.45) is 0.888. The van der Waals surface area contributed by atoms with Gasteiger partial charge < -0.3 is 14.8 Å². The second kappa shape index (κ2) is 9.68. The van der Waals surface area contributed by atoms with Gasteiger partial charge in [0.15, 0.2) is 0 Å². The number of ether oxygens (including phenoxy) is 2. The molecule has 0 radical (unpaired) electrons. The van der Waals surface area contributed by atoms with Gasteiger partial charge in [0.2, 0.25) is 15.9 Å². The topological polar surface area (TPSA) is 84.9 Å². The highest BCUT2D eigenvalue weighted by atomic mass is 35.5. The summed E-state index contributed by atoms with van der Waals surface area (Å²) in [7, 11) is -2.12. The monoisotopic (exact) mass is 452 g/mol. The Morgan fingerprint density at radius 1 is 1.20 bits per heavy atom. The van der Waals surface area contributed by atoms with Crippen LogP contribution >= 0.6 is 11.6 Å². The van der Waals surface area contributed by atoms with Crippen LogP contribution in [0.3, 0.4) is 0 Å². The van der Waals surface area contributed by atoms with E-state index in [1.807, 2.05) is 6.92 Å². The van der Waals surface area contributed by atoms with Gasteiger partial charge in [-0.1, -0.05) is 17.7 Å². The summed E-state index contributed by atoms with van der Waals surface area (Å²) in [6.45, 7) is 2.81. The van der Waals surface area contributed by atoms with E-state index in [0.29, 0.717) is 36.6 Å². The summed E-state index contributed by atoms with van der Waals surface area (Å²) < 4.78 is 37.8. The van der Waals surface area contributed by atoms with Crippen LogP contribution in [-0.4, -0.2) is 45.4 Å². The van der Waals surface area contributed by atoms with Crippen molar-refractivity contribution in [2.24, 2.45) is 5.92 Å². The minimum Gasteiger partial charge on any atom is -0.497 e. The highest BCUT2D eigenvalue weighted by Gasteiger charge is 2.32. The Labute approximate surface area is 182 Å². The molecule has 1 aliphatic heterocycles. The third-order valence-electron chi connectivity index (χ3n) is 5.00. The SMILES string of the molecule is CCOc1ccc(S(=O)(=O)N2CCC(C(=O)Nc3cccc(OC)c3)CC2)cc1Cl. The molecular formula is C21H25ClN2O5S. The average molecular weight is 453 g/mol. The zero-order chi connectivity index (χ0) is 21.7. The quantitative estimate of drug-likeness (QED) is 0.690. The number of sulfonamides is 1. The first kappa shape index (κ1) is 22.4. The molecule has 1 heterocycles. The van der Waals surface area contributed by atoms with Crippen LogP contribution in [0.5, 0.6) is 11.5 Å². The van der Waals surface area contributed by atoms with E-state index < -0.39 is 10.0 Å². The molecule has 7 nitrogen and oxygen atoms in total. The van der Waals surface area contributed by atoms with E-state index in [9.17, 15) is 13.2 Å². The van der Waals surface area contributed by atoms with Gasteiger partial charge in [-0.15, -0.1) is 0 Å². The van der Waals surface area contributed by atoms with Gasteiger partial charge in [0.05, 0.1) is 23.6 Å². The minimum absolute atomic E-state index is 0.121. The molecule has 9 heteroatoms. The maximum atomic E-state index is 13.0. The number of halogens is 1. The van der Waals surface area contributed by atoms with Crippen LogP contribution in [0.15, 0.2) is 47.4 Å². The number of hydrogen-bond donors (Lipinski definition) is 1. The molecule has 162 valence electrons. The summed E-state index contributed by atoms with van der Waals surface area (Å²) in [5.74, 6) is 0.727. The van der Waals surface area contributed by atoms with Gasteiger partial charge in [-0.2, -0.15) is 4.31 Å². The van der Waals surface area contributed by atoms with Crippen LogP contribution in [0, 0.1) is 5.92 Å². The van der Waals surface area contributed by atoms with Crippen molar-refractivity contribution in [3.05, 3.63) is 47.5 Å². The molecule has 2 aromatic carbocycles. The van der Waals surface area contributed by atoms with Crippen LogP contribution in [0.4, 0.5) is 5.69 Å². The number of carbonyl (C=O) groups is 1. The number of piperidine rings is 1. The first-order chi connectivity index (χ1) is 14.3. The van der Waals surface area contributed by atoms with Gasteiger partial charge in [0.25, 0.3) is 0 Å². The van der Waals surface area contributed by atoms with Crippen LogP contribution in [-0.2, 0) is 14.8 Å². The van der Waals surface area contributed by atoms with Crippen molar-refractivity contribution >= 4 is 33.2 Å². The van der Waals surface area contributed by atoms with E-state index in [2.05, 4.69) is 5.32 Å². The Kier molecular flexibility index (Phi) is 7.23. The average Bonchev–Trinajstić information content (AvgIpc) is 2.75. The number of nitrogens with zero attached hydrogens (tertiary/aromatic N) is 1. The van der Waals surface area contributed by atoms with E-state index >= 15 is 0 Å². The number of carbonyl (C=O) groups excluding carboxylic acids is 1. The van der Waals surface area contributed by atoms with Crippen LogP contribution in [0.1, 0.15) is 19.8 Å². The summed E-state index contributed by atoms with van der Waals surface area (Å²) >= 11 is 6.15. The zero-order valence-electron chi connectivity index (χ0n) is 16.9. The highest BCUT2D eigenvalue weighted by Crippen LogP contribution is 2.30. The van der Waals surface area contributed by atoms with Gasteiger partial charge in [0.1, 0.15) is 11.5 Å². The normalized spacial score (nSPS) is 15.6. The molecule has 0 atom stereocenters. The first-order valence-electron chi connectivity index (χ1n) is 9.72. The number of amides is 1. The Hall–Kier alpha value is -2.29. The third-order valence-corrected chi connectivity index (χ3v) is 7.19. The lowest BCUT2D eigenvalue weighted by molar-refractivity contribution is -0.120. The van der Waals surface area contributed by atoms with Crippen molar-refractivity contribution in [3.8, 4) is 11.5 Å². The molecule has 0 spiro atoms. The van der Waals surface area contributed by atoms with Gasteiger partial charge in [0, 0.05) is 30.8 Å². The molecule has 0 saturated carbocycles. The zero-order valence-corrected chi connectivity index (χ0v) is 18.5. The van der Waals surface area contributed by atoms with Crippen LogP contribution < -0.4 is 14.8 Å². The van der Waals surface area contributed by atoms with E-state index in [1.54, 1.807) is 37.4 Å². The number of hydrogen-bond acceptors (Lipinski definition) is 5. The standard InChI is InChI=1S/C21H25ClN2O5S/c1-3-29-20-8-7-18(14-19(20)22)30(26,27)24-11-9-15(10-12-24)21(25)23-16-5-4-6-17(13-16)28-2/h4-8,13-15H,3,9-12H2,1-2H3,(H,23,25). The fraction of sp³-hybridized carbons (Fsp3) is 0.381. The molecule has 0 unspecified atom stereocenters. The highest BCUT2D eigenvalue weighted by molar-refractivity contribution is 7.89. The number of benzene rings is 2. The molecule has 1 fully saturated rings. The van der Waals surface area contributed by atoms with Gasteiger partial charge in [-0.25, -0.2) is 8.42 Å². The second-order valence-electron chi connectivity index (χ2n) is 6.92. The molecule has 0 aromatic heterocycles.